The molecule has 1 saturated heterocycles. The third kappa shape index (κ3) is 5.15. The van der Waals surface area contributed by atoms with Crippen molar-refractivity contribution < 1.29 is 24.3 Å². The van der Waals surface area contributed by atoms with E-state index >= 15 is 0 Å². The molecule has 2 amide bonds. The molecule has 1 aromatic rings. The van der Waals surface area contributed by atoms with E-state index in [2.05, 4.69) is 5.16 Å². The summed E-state index contributed by atoms with van der Waals surface area (Å²) in [6, 6.07) is 6.75. The van der Waals surface area contributed by atoms with Gasteiger partial charge in [0.25, 0.3) is 0 Å². The van der Waals surface area contributed by atoms with E-state index in [9.17, 15) is 14.7 Å². The van der Waals surface area contributed by atoms with Crippen LogP contribution in [0.1, 0.15) is 39.2 Å². The Morgan fingerprint density at radius 2 is 1.75 bits per heavy atom. The highest BCUT2D eigenvalue weighted by atomic mass is 16.6. The van der Waals surface area contributed by atoms with E-state index in [-0.39, 0.29) is 30.3 Å². The molecule has 0 aliphatic carbocycles. The molecule has 152 valence electrons. The Labute approximate surface area is 164 Å². The van der Waals surface area contributed by atoms with Gasteiger partial charge in [-0.05, 0) is 50.6 Å². The Morgan fingerprint density at radius 1 is 1.14 bits per heavy atom. The van der Waals surface area contributed by atoms with Gasteiger partial charge in [-0.25, -0.2) is 4.79 Å². The summed E-state index contributed by atoms with van der Waals surface area (Å²) in [6.45, 7) is 7.39. The van der Waals surface area contributed by atoms with Crippen molar-refractivity contribution in [2.24, 2.45) is 5.16 Å². The molecule has 0 aromatic heterocycles. The quantitative estimate of drug-likeness (QED) is 0.857. The highest BCUT2D eigenvalue weighted by Gasteiger charge is 2.30. The van der Waals surface area contributed by atoms with Gasteiger partial charge in [-0.15, -0.1) is 0 Å². The monoisotopic (exact) mass is 389 g/mol. The second kappa shape index (κ2) is 8.08. The van der Waals surface area contributed by atoms with Crippen LogP contribution >= 0.6 is 0 Å². The fraction of sp³-hybridized carbons (Fsp3) is 0.550. The van der Waals surface area contributed by atoms with Crippen LogP contribution in [0.5, 0.6) is 5.75 Å². The predicted octanol–water partition coefficient (Wildman–Crippen LogP) is 2.35. The van der Waals surface area contributed by atoms with E-state index in [1.165, 1.54) is 0 Å². The Hall–Kier alpha value is -2.77. The molecule has 0 spiro atoms. The predicted molar refractivity (Wildman–Crippen MR) is 103 cm³/mol. The molecule has 8 heteroatoms. The van der Waals surface area contributed by atoms with Gasteiger partial charge in [0.2, 0.25) is 5.91 Å². The molecule has 2 aliphatic rings. The number of nitrogens with zero attached hydrogens (tertiary/aromatic N) is 3. The summed E-state index contributed by atoms with van der Waals surface area (Å²) in [5, 5.41) is 13.4. The average Bonchev–Trinajstić information content (AvgIpc) is 3.09. The molecule has 1 atom stereocenters. The number of aromatic hydroxyl groups is 1. The average molecular weight is 389 g/mol. The molecule has 1 fully saturated rings. The number of amides is 2. The van der Waals surface area contributed by atoms with Gasteiger partial charge in [-0.3, -0.25) is 4.79 Å². The molecule has 0 bridgehead atoms. The van der Waals surface area contributed by atoms with Crippen LogP contribution in [-0.4, -0.2) is 70.5 Å². The summed E-state index contributed by atoms with van der Waals surface area (Å²) in [5.41, 5.74) is 1.12. The van der Waals surface area contributed by atoms with E-state index in [0.29, 0.717) is 32.6 Å². The third-order valence-corrected chi connectivity index (χ3v) is 4.62. The first-order valence-corrected chi connectivity index (χ1v) is 9.49. The maximum Gasteiger partial charge on any atom is 0.410 e. The van der Waals surface area contributed by atoms with E-state index in [1.807, 2.05) is 20.8 Å². The van der Waals surface area contributed by atoms with Crippen molar-refractivity contribution >= 4 is 17.7 Å². The minimum absolute atomic E-state index is 0.00371. The number of carbonyl (C=O) groups excluding carboxylic acids is 2. The number of benzene rings is 1. The molecular weight excluding hydrogens is 362 g/mol. The summed E-state index contributed by atoms with van der Waals surface area (Å²) in [5.74, 6) is 0.191. The van der Waals surface area contributed by atoms with Gasteiger partial charge in [0.15, 0.2) is 0 Å². The van der Waals surface area contributed by atoms with Crippen molar-refractivity contribution in [3.05, 3.63) is 29.8 Å². The van der Waals surface area contributed by atoms with Crippen LogP contribution in [-0.2, 0) is 14.4 Å². The Morgan fingerprint density at radius 3 is 2.36 bits per heavy atom. The van der Waals surface area contributed by atoms with Crippen LogP contribution in [0.4, 0.5) is 4.79 Å². The number of hydrogen-bond donors (Lipinski definition) is 1. The minimum atomic E-state index is -0.529. The molecule has 1 unspecified atom stereocenters. The van der Waals surface area contributed by atoms with Crippen LogP contribution in [0.15, 0.2) is 29.4 Å². The van der Waals surface area contributed by atoms with Crippen molar-refractivity contribution in [2.45, 2.75) is 45.3 Å². The highest BCUT2D eigenvalue weighted by Crippen LogP contribution is 2.21. The van der Waals surface area contributed by atoms with E-state index in [0.717, 1.165) is 11.3 Å². The van der Waals surface area contributed by atoms with Gasteiger partial charge < -0.3 is 24.5 Å². The zero-order valence-electron chi connectivity index (χ0n) is 16.6. The van der Waals surface area contributed by atoms with Gasteiger partial charge in [0.05, 0.1) is 12.1 Å². The van der Waals surface area contributed by atoms with E-state index in [4.69, 9.17) is 9.57 Å². The van der Waals surface area contributed by atoms with Gasteiger partial charge in [0.1, 0.15) is 17.5 Å². The molecule has 1 N–H and O–H groups in total. The summed E-state index contributed by atoms with van der Waals surface area (Å²) >= 11 is 0. The number of rotatable bonds is 3. The van der Waals surface area contributed by atoms with Gasteiger partial charge in [-0.1, -0.05) is 5.16 Å². The van der Waals surface area contributed by atoms with Crippen molar-refractivity contribution in [3.63, 3.8) is 0 Å². The van der Waals surface area contributed by atoms with Crippen LogP contribution in [0.25, 0.3) is 0 Å². The highest BCUT2D eigenvalue weighted by molar-refractivity contribution is 6.01. The number of hydrogen-bond acceptors (Lipinski definition) is 6. The number of phenols is 1. The first-order chi connectivity index (χ1) is 13.2. The molecule has 2 heterocycles. The fourth-order valence-electron chi connectivity index (χ4n) is 3.15. The molecule has 8 nitrogen and oxygen atoms in total. The SMILES string of the molecule is CC(C)(C)OC(=O)N1CCN(C(=O)CC2CC(c3ccc(O)cc3)=NO2)CC1. The molecule has 0 radical (unpaired) electrons. The van der Waals surface area contributed by atoms with Gasteiger partial charge in [-0.2, -0.15) is 0 Å². The molecule has 3 rings (SSSR count). The topological polar surface area (TPSA) is 91.7 Å². The lowest BCUT2D eigenvalue weighted by molar-refractivity contribution is -0.135. The third-order valence-electron chi connectivity index (χ3n) is 4.62. The number of carbonyl (C=O) groups is 2. The molecular formula is C20H27N3O5. The standard InChI is InChI=1S/C20H27N3O5/c1-20(2,3)27-19(26)23-10-8-22(9-11-23)18(25)13-16-12-17(21-28-16)14-4-6-15(24)7-5-14/h4-7,16,24H,8-13H2,1-3H3. The lowest BCUT2D eigenvalue weighted by Gasteiger charge is -2.35. The lowest BCUT2D eigenvalue weighted by Crippen LogP contribution is -2.52. The van der Waals surface area contributed by atoms with E-state index < -0.39 is 5.60 Å². The maximum absolute atomic E-state index is 12.6. The van der Waals surface area contributed by atoms with Crippen LogP contribution < -0.4 is 0 Å². The smallest absolute Gasteiger partial charge is 0.410 e. The molecule has 2 aliphatic heterocycles. The molecule has 28 heavy (non-hydrogen) atoms. The Balaban J connectivity index is 1.44. The largest absolute Gasteiger partial charge is 0.508 e. The number of phenolic OH excluding ortho intramolecular Hbond substituents is 1. The van der Waals surface area contributed by atoms with Crippen molar-refractivity contribution in [1.82, 2.24) is 9.80 Å². The number of ether oxygens (including phenoxy) is 1. The zero-order valence-corrected chi connectivity index (χ0v) is 16.6. The number of oxime groups is 1. The van der Waals surface area contributed by atoms with Crippen LogP contribution in [0.2, 0.25) is 0 Å². The Bertz CT molecular complexity index is 746. The lowest BCUT2D eigenvalue weighted by atomic mass is 10.0. The van der Waals surface area contributed by atoms with E-state index in [1.54, 1.807) is 34.1 Å². The van der Waals surface area contributed by atoms with Crippen LogP contribution in [0, 0.1) is 0 Å². The maximum atomic E-state index is 12.6. The van der Waals surface area contributed by atoms with Crippen molar-refractivity contribution in [3.8, 4) is 5.75 Å². The second-order valence-electron chi connectivity index (χ2n) is 8.07. The Kier molecular flexibility index (Phi) is 5.76. The first kappa shape index (κ1) is 20.0. The summed E-state index contributed by atoms with van der Waals surface area (Å²) in [4.78, 5) is 33.5. The summed E-state index contributed by atoms with van der Waals surface area (Å²) in [6.07, 6.45) is 0.164. The summed E-state index contributed by atoms with van der Waals surface area (Å²) < 4.78 is 5.37. The fourth-order valence-corrected chi connectivity index (χ4v) is 3.15. The van der Waals surface area contributed by atoms with Gasteiger partial charge >= 0.3 is 6.09 Å². The van der Waals surface area contributed by atoms with Crippen LogP contribution in [0.3, 0.4) is 0 Å². The molecule has 0 saturated carbocycles. The summed E-state index contributed by atoms with van der Waals surface area (Å²) in [7, 11) is 0. The second-order valence-corrected chi connectivity index (χ2v) is 8.07. The minimum Gasteiger partial charge on any atom is -0.508 e. The number of piperazine rings is 1. The first-order valence-electron chi connectivity index (χ1n) is 9.49. The molecule has 1 aromatic carbocycles. The normalized spacial score (nSPS) is 19.8. The van der Waals surface area contributed by atoms with Crippen molar-refractivity contribution in [1.29, 1.82) is 0 Å². The van der Waals surface area contributed by atoms with Gasteiger partial charge in [0, 0.05) is 32.6 Å². The zero-order chi connectivity index (χ0) is 20.3. The van der Waals surface area contributed by atoms with Crippen molar-refractivity contribution in [2.75, 3.05) is 26.2 Å².